The quantitative estimate of drug-likeness (QED) is 0.573. The van der Waals surface area contributed by atoms with Gasteiger partial charge in [0.15, 0.2) is 0 Å². The van der Waals surface area contributed by atoms with Crippen molar-refractivity contribution in [2.45, 2.75) is 31.8 Å². The van der Waals surface area contributed by atoms with Crippen molar-refractivity contribution in [1.82, 2.24) is 5.32 Å². The topological polar surface area (TPSA) is 12.0 Å². The lowest BCUT2D eigenvalue weighted by atomic mass is 10.0. The van der Waals surface area contributed by atoms with Crippen LogP contribution < -0.4 is 5.32 Å². The third-order valence-corrected chi connectivity index (χ3v) is 1.80. The zero-order valence-corrected chi connectivity index (χ0v) is 6.51. The molecule has 1 nitrogen and oxygen atoms in total. The van der Waals surface area contributed by atoms with Crippen LogP contribution in [-0.2, 0) is 0 Å². The van der Waals surface area contributed by atoms with Crippen molar-refractivity contribution in [3.63, 3.8) is 0 Å². The van der Waals surface area contributed by atoms with E-state index in [0.717, 1.165) is 12.8 Å². The van der Waals surface area contributed by atoms with Gasteiger partial charge in [-0.25, -0.2) is 0 Å². The predicted octanol–water partition coefficient (Wildman–Crippen LogP) is 1.87. The fourth-order valence-electron chi connectivity index (χ4n) is 1.31. The molecule has 0 amide bonds. The Labute approximate surface area is 62.8 Å². The minimum absolute atomic E-state index is 0.540. The number of hydrogen-bond donors (Lipinski definition) is 1. The average molecular weight is 137 g/mol. The van der Waals surface area contributed by atoms with Gasteiger partial charge in [-0.15, -0.1) is 6.58 Å². The average Bonchev–Trinajstić information content (AvgIpc) is 1.88. The van der Waals surface area contributed by atoms with Crippen LogP contribution in [0, 0.1) is 0 Å². The Balaban J connectivity index is 2.36. The molecule has 2 atom stereocenters. The highest BCUT2D eigenvalue weighted by Crippen LogP contribution is 2.07. The van der Waals surface area contributed by atoms with E-state index < -0.39 is 0 Å². The number of hydrogen-bond acceptors (Lipinski definition) is 1. The molecular weight excluding hydrogens is 122 g/mol. The molecule has 0 aromatic rings. The summed E-state index contributed by atoms with van der Waals surface area (Å²) < 4.78 is 0. The maximum Gasteiger partial charge on any atom is 0.0224 e. The second kappa shape index (κ2) is 3.57. The van der Waals surface area contributed by atoms with E-state index in [2.05, 4.69) is 31.0 Å². The maximum absolute atomic E-state index is 3.72. The van der Waals surface area contributed by atoms with Gasteiger partial charge in [0.05, 0.1) is 0 Å². The number of rotatable bonds is 2. The lowest BCUT2D eigenvalue weighted by Gasteiger charge is -2.23. The molecule has 2 unspecified atom stereocenters. The van der Waals surface area contributed by atoms with Crippen LogP contribution in [-0.4, -0.2) is 12.1 Å². The SMILES string of the molecule is C=CCC1CC=CC(C)N1. The van der Waals surface area contributed by atoms with E-state index in [1.54, 1.807) is 0 Å². The van der Waals surface area contributed by atoms with E-state index >= 15 is 0 Å². The minimum Gasteiger partial charge on any atom is -0.307 e. The van der Waals surface area contributed by atoms with Crippen LogP contribution >= 0.6 is 0 Å². The van der Waals surface area contributed by atoms with E-state index in [1.165, 1.54) is 0 Å². The molecule has 0 aromatic carbocycles. The lowest BCUT2D eigenvalue weighted by molar-refractivity contribution is 0.472. The zero-order valence-electron chi connectivity index (χ0n) is 6.51. The molecule has 0 spiro atoms. The highest BCUT2D eigenvalue weighted by molar-refractivity contribution is 5.00. The van der Waals surface area contributed by atoms with Crippen molar-refractivity contribution in [1.29, 1.82) is 0 Å². The number of nitrogens with one attached hydrogen (secondary N) is 1. The van der Waals surface area contributed by atoms with Crippen LogP contribution in [0.4, 0.5) is 0 Å². The van der Waals surface area contributed by atoms with E-state index in [4.69, 9.17) is 0 Å². The predicted molar refractivity (Wildman–Crippen MR) is 45.0 cm³/mol. The van der Waals surface area contributed by atoms with E-state index in [0.29, 0.717) is 12.1 Å². The smallest absolute Gasteiger partial charge is 0.0224 e. The van der Waals surface area contributed by atoms with Gasteiger partial charge in [0, 0.05) is 12.1 Å². The van der Waals surface area contributed by atoms with Gasteiger partial charge < -0.3 is 5.32 Å². The highest BCUT2D eigenvalue weighted by atomic mass is 14.9. The Morgan fingerprint density at radius 1 is 1.80 bits per heavy atom. The summed E-state index contributed by atoms with van der Waals surface area (Å²) in [6, 6.07) is 1.16. The van der Waals surface area contributed by atoms with Gasteiger partial charge in [0.1, 0.15) is 0 Å². The third-order valence-electron chi connectivity index (χ3n) is 1.80. The Kier molecular flexibility index (Phi) is 2.69. The van der Waals surface area contributed by atoms with Crippen LogP contribution in [0.5, 0.6) is 0 Å². The molecule has 10 heavy (non-hydrogen) atoms. The largest absolute Gasteiger partial charge is 0.307 e. The Morgan fingerprint density at radius 2 is 2.60 bits per heavy atom. The molecular formula is C9H15N. The summed E-state index contributed by atoms with van der Waals surface area (Å²) in [6.45, 7) is 5.89. The Bertz CT molecular complexity index is 138. The van der Waals surface area contributed by atoms with Crippen molar-refractivity contribution < 1.29 is 0 Å². The van der Waals surface area contributed by atoms with Crippen molar-refractivity contribution >= 4 is 0 Å². The second-order valence-electron chi connectivity index (χ2n) is 2.84. The standard InChI is InChI=1S/C9H15N/c1-3-5-9-7-4-6-8(2)10-9/h3-4,6,8-10H,1,5,7H2,2H3. The highest BCUT2D eigenvalue weighted by Gasteiger charge is 2.10. The molecule has 1 heteroatoms. The van der Waals surface area contributed by atoms with Crippen LogP contribution in [0.1, 0.15) is 19.8 Å². The monoisotopic (exact) mass is 137 g/mol. The van der Waals surface area contributed by atoms with E-state index in [-0.39, 0.29) is 0 Å². The normalized spacial score (nSPS) is 32.1. The first kappa shape index (κ1) is 7.55. The Hall–Kier alpha value is -0.560. The van der Waals surface area contributed by atoms with Gasteiger partial charge >= 0.3 is 0 Å². The van der Waals surface area contributed by atoms with Crippen molar-refractivity contribution in [3.05, 3.63) is 24.8 Å². The molecule has 1 aliphatic rings. The minimum atomic E-state index is 0.540. The van der Waals surface area contributed by atoms with Gasteiger partial charge in [-0.05, 0) is 19.8 Å². The molecule has 0 radical (unpaired) electrons. The fraction of sp³-hybridized carbons (Fsp3) is 0.556. The molecule has 1 heterocycles. The molecule has 1 N–H and O–H groups in total. The van der Waals surface area contributed by atoms with Crippen LogP contribution in [0.15, 0.2) is 24.8 Å². The van der Waals surface area contributed by atoms with Crippen molar-refractivity contribution in [2.75, 3.05) is 0 Å². The van der Waals surface area contributed by atoms with Gasteiger partial charge in [-0.1, -0.05) is 18.2 Å². The van der Waals surface area contributed by atoms with Crippen molar-refractivity contribution in [3.8, 4) is 0 Å². The summed E-state index contributed by atoms with van der Waals surface area (Å²) in [5.41, 5.74) is 0. The molecule has 0 bridgehead atoms. The molecule has 0 aliphatic carbocycles. The molecule has 0 fully saturated rings. The molecule has 56 valence electrons. The summed E-state index contributed by atoms with van der Waals surface area (Å²) in [7, 11) is 0. The first-order valence-electron chi connectivity index (χ1n) is 3.86. The fourth-order valence-corrected chi connectivity index (χ4v) is 1.31. The first-order chi connectivity index (χ1) is 4.83. The van der Waals surface area contributed by atoms with Gasteiger partial charge in [-0.2, -0.15) is 0 Å². The van der Waals surface area contributed by atoms with Gasteiger partial charge in [0.25, 0.3) is 0 Å². The summed E-state index contributed by atoms with van der Waals surface area (Å²) in [5.74, 6) is 0. The van der Waals surface area contributed by atoms with Gasteiger partial charge in [0.2, 0.25) is 0 Å². The van der Waals surface area contributed by atoms with Gasteiger partial charge in [-0.3, -0.25) is 0 Å². The molecule has 1 rings (SSSR count). The lowest BCUT2D eigenvalue weighted by Crippen LogP contribution is -2.37. The van der Waals surface area contributed by atoms with Crippen LogP contribution in [0.2, 0.25) is 0 Å². The maximum atomic E-state index is 3.72. The summed E-state index contributed by atoms with van der Waals surface area (Å²) in [6.07, 6.45) is 8.66. The van der Waals surface area contributed by atoms with Crippen molar-refractivity contribution in [2.24, 2.45) is 0 Å². The van der Waals surface area contributed by atoms with Crippen LogP contribution in [0.3, 0.4) is 0 Å². The first-order valence-corrected chi connectivity index (χ1v) is 3.86. The Morgan fingerprint density at radius 3 is 3.20 bits per heavy atom. The third kappa shape index (κ3) is 1.99. The summed E-state index contributed by atoms with van der Waals surface area (Å²) in [5, 5.41) is 3.46. The molecule has 0 aromatic heterocycles. The molecule has 0 saturated heterocycles. The molecule has 0 saturated carbocycles. The summed E-state index contributed by atoms with van der Waals surface area (Å²) in [4.78, 5) is 0. The van der Waals surface area contributed by atoms with E-state index in [1.807, 2.05) is 6.08 Å². The second-order valence-corrected chi connectivity index (χ2v) is 2.84. The van der Waals surface area contributed by atoms with E-state index in [9.17, 15) is 0 Å². The summed E-state index contributed by atoms with van der Waals surface area (Å²) >= 11 is 0. The zero-order chi connectivity index (χ0) is 7.40. The van der Waals surface area contributed by atoms with Crippen LogP contribution in [0.25, 0.3) is 0 Å². The molecule has 1 aliphatic heterocycles.